The summed E-state index contributed by atoms with van der Waals surface area (Å²) in [6.07, 6.45) is 3.78. The smallest absolute Gasteiger partial charge is 0.237 e. The average Bonchev–Trinajstić information content (AvgIpc) is 2.37. The first-order valence-electron chi connectivity index (χ1n) is 4.25. The van der Waals surface area contributed by atoms with E-state index in [-0.39, 0.29) is 0 Å². The van der Waals surface area contributed by atoms with Crippen molar-refractivity contribution in [2.45, 2.75) is 39.2 Å². The molecule has 1 N–H and O–H groups in total. The molecule has 0 heterocycles. The van der Waals surface area contributed by atoms with Crippen molar-refractivity contribution in [2.24, 2.45) is 11.8 Å². The minimum absolute atomic E-state index is 0.563. The lowest BCUT2D eigenvalue weighted by atomic mass is 9.94. The number of hydrogen-bond donors (Lipinski definition) is 1. The summed E-state index contributed by atoms with van der Waals surface area (Å²) in [6.45, 7) is 4.55. The van der Waals surface area contributed by atoms with E-state index in [0.717, 1.165) is 11.8 Å². The van der Waals surface area contributed by atoms with Crippen LogP contribution in [-0.4, -0.2) is 6.04 Å². The highest BCUT2D eigenvalue weighted by molar-refractivity contribution is 14.1. The number of hydrogen-bond acceptors (Lipinski definition) is 1. The first-order valence-corrected chi connectivity index (χ1v) is 6.21. The van der Waals surface area contributed by atoms with E-state index in [4.69, 9.17) is 0 Å². The van der Waals surface area contributed by atoms with Gasteiger partial charge in [-0.2, -0.15) is 0 Å². The molecule has 11 heavy (non-hydrogen) atoms. The van der Waals surface area contributed by atoms with Crippen LogP contribution >= 0.6 is 21.5 Å². The molecule has 2 nitrogen and oxygen atoms in total. The van der Waals surface area contributed by atoms with E-state index in [2.05, 4.69) is 17.4 Å². The molecule has 0 spiro atoms. The zero-order valence-electron chi connectivity index (χ0n) is 7.14. The fourth-order valence-corrected chi connectivity index (χ4v) is 2.71. The van der Waals surface area contributed by atoms with Gasteiger partial charge in [0, 0.05) is 6.04 Å². The van der Waals surface area contributed by atoms with Gasteiger partial charge in [-0.1, -0.05) is 13.8 Å². The van der Waals surface area contributed by atoms with Crippen molar-refractivity contribution in [3.8, 4) is 0 Å². The molecule has 0 bridgehead atoms. The molecule has 2 atom stereocenters. The zero-order valence-corrected chi connectivity index (χ0v) is 9.30. The summed E-state index contributed by atoms with van der Waals surface area (Å²) in [6, 6.07) is 0.563. The van der Waals surface area contributed by atoms with Crippen LogP contribution in [0.3, 0.4) is 0 Å². The zero-order chi connectivity index (χ0) is 8.27. The summed E-state index contributed by atoms with van der Waals surface area (Å²) in [5.74, 6) is 1.66. The van der Waals surface area contributed by atoms with Crippen molar-refractivity contribution in [2.75, 3.05) is 0 Å². The van der Waals surface area contributed by atoms with Gasteiger partial charge in [-0.15, -0.1) is 0 Å². The Kier molecular flexibility index (Phi) is 3.92. The second kappa shape index (κ2) is 4.50. The Bertz CT molecular complexity index is 138. The Balaban J connectivity index is 2.28. The van der Waals surface area contributed by atoms with Crippen LogP contribution in [0.4, 0.5) is 0 Å². The summed E-state index contributed by atoms with van der Waals surface area (Å²) in [4.78, 5) is 0. The third-order valence-corrected chi connectivity index (χ3v) is 3.75. The van der Waals surface area contributed by atoms with Crippen LogP contribution in [0, 0.1) is 11.8 Å². The van der Waals surface area contributed by atoms with Crippen molar-refractivity contribution in [3.63, 3.8) is 0 Å². The van der Waals surface area contributed by atoms with E-state index in [9.17, 15) is 3.07 Å². The second-order valence-electron chi connectivity index (χ2n) is 3.70. The number of halogens is 1. The van der Waals surface area contributed by atoms with E-state index < -0.39 is 21.5 Å². The van der Waals surface area contributed by atoms with Crippen LogP contribution in [0.5, 0.6) is 0 Å². The maximum absolute atomic E-state index is 10.4. The molecule has 1 rings (SSSR count). The third kappa shape index (κ3) is 2.78. The minimum atomic E-state index is -0.945. The van der Waals surface area contributed by atoms with Gasteiger partial charge in [0.05, 0.1) is 0 Å². The lowest BCUT2D eigenvalue weighted by Gasteiger charge is -2.13. The Hall–Kier alpha value is 0.490. The molecule has 1 fully saturated rings. The summed E-state index contributed by atoms with van der Waals surface area (Å²) < 4.78 is 13.4. The van der Waals surface area contributed by atoms with Crippen LogP contribution in [0.2, 0.25) is 0 Å². The monoisotopic (exact) mass is 269 g/mol. The second-order valence-corrected chi connectivity index (χ2v) is 4.76. The van der Waals surface area contributed by atoms with Gasteiger partial charge < -0.3 is 0 Å². The van der Waals surface area contributed by atoms with Gasteiger partial charge >= 0.3 is 0 Å². The molecular weight excluding hydrogens is 253 g/mol. The minimum Gasteiger partial charge on any atom is -0.252 e. The molecule has 0 aromatic rings. The highest BCUT2D eigenvalue weighted by Crippen LogP contribution is 2.31. The molecule has 1 aliphatic carbocycles. The van der Waals surface area contributed by atoms with E-state index >= 15 is 0 Å². The molecule has 0 saturated heterocycles. The Labute approximate surface area is 79.1 Å². The fourth-order valence-electron chi connectivity index (χ4n) is 1.78. The van der Waals surface area contributed by atoms with Crippen molar-refractivity contribution in [1.82, 2.24) is 3.53 Å². The molecule has 0 aromatic carbocycles. The van der Waals surface area contributed by atoms with E-state index in [1.54, 1.807) is 0 Å². The molecule has 0 radical (unpaired) electrons. The van der Waals surface area contributed by atoms with Crippen LogP contribution in [0.1, 0.15) is 33.1 Å². The Morgan fingerprint density at radius 2 is 2.18 bits per heavy atom. The highest BCUT2D eigenvalue weighted by Gasteiger charge is 2.26. The lowest BCUT2D eigenvalue weighted by Crippen LogP contribution is -2.17. The maximum atomic E-state index is 10.4. The highest BCUT2D eigenvalue weighted by atomic mass is 127. The van der Waals surface area contributed by atoms with Crippen molar-refractivity contribution >= 4 is 21.5 Å². The van der Waals surface area contributed by atoms with Crippen molar-refractivity contribution < 1.29 is 3.07 Å². The Morgan fingerprint density at radius 1 is 1.45 bits per heavy atom. The SMILES string of the molecule is CC(C)C1CCC(NI=O)C1. The first kappa shape index (κ1) is 9.58. The average molecular weight is 269 g/mol. The van der Waals surface area contributed by atoms with Crippen LogP contribution in [-0.2, 0) is 3.07 Å². The van der Waals surface area contributed by atoms with E-state index in [1.165, 1.54) is 19.3 Å². The standard InChI is InChI=1S/C8H16INO/c1-6(2)7-3-4-8(5-7)10-9-11/h6-8H,3-5H2,1-2H3,(H,10,11). The maximum Gasteiger partial charge on any atom is 0.237 e. The van der Waals surface area contributed by atoms with Gasteiger partial charge in [0.2, 0.25) is 21.5 Å². The van der Waals surface area contributed by atoms with Gasteiger partial charge in [0.25, 0.3) is 0 Å². The van der Waals surface area contributed by atoms with Gasteiger partial charge in [-0.05, 0) is 31.1 Å². The van der Waals surface area contributed by atoms with Crippen molar-refractivity contribution in [3.05, 3.63) is 0 Å². The topological polar surface area (TPSA) is 29.1 Å². The number of rotatable bonds is 3. The predicted octanol–water partition coefficient (Wildman–Crippen LogP) is 2.63. The van der Waals surface area contributed by atoms with Crippen molar-refractivity contribution in [1.29, 1.82) is 0 Å². The van der Waals surface area contributed by atoms with Gasteiger partial charge in [0.1, 0.15) is 0 Å². The van der Waals surface area contributed by atoms with Gasteiger partial charge in [0.15, 0.2) is 0 Å². The van der Waals surface area contributed by atoms with Crippen LogP contribution < -0.4 is 3.53 Å². The molecular formula is C8H16INO. The van der Waals surface area contributed by atoms with E-state index in [1.807, 2.05) is 0 Å². The molecule has 2 unspecified atom stereocenters. The summed E-state index contributed by atoms with van der Waals surface area (Å²) in [7, 11) is 0. The molecule has 0 amide bonds. The normalized spacial score (nSPS) is 31.5. The molecule has 1 aliphatic rings. The molecule has 0 aromatic heterocycles. The largest absolute Gasteiger partial charge is 0.252 e. The third-order valence-electron chi connectivity index (χ3n) is 2.61. The summed E-state index contributed by atoms with van der Waals surface area (Å²) in [5.41, 5.74) is 0. The van der Waals surface area contributed by atoms with E-state index in [0.29, 0.717) is 6.04 Å². The molecule has 3 heteroatoms. The first-order chi connectivity index (χ1) is 5.24. The fraction of sp³-hybridized carbons (Fsp3) is 1.00. The predicted molar refractivity (Wildman–Crippen MR) is 53.8 cm³/mol. The number of nitrogens with one attached hydrogen (secondary N) is 1. The van der Waals surface area contributed by atoms with Gasteiger partial charge in [-0.3, -0.25) is 3.07 Å². The summed E-state index contributed by atoms with van der Waals surface area (Å²) >= 11 is -0.945. The van der Waals surface area contributed by atoms with Crippen LogP contribution in [0.25, 0.3) is 0 Å². The molecule has 0 aliphatic heterocycles. The Morgan fingerprint density at radius 3 is 2.64 bits per heavy atom. The quantitative estimate of drug-likeness (QED) is 0.630. The van der Waals surface area contributed by atoms with Crippen LogP contribution in [0.15, 0.2) is 0 Å². The van der Waals surface area contributed by atoms with Gasteiger partial charge in [-0.25, -0.2) is 3.53 Å². The molecule has 1 saturated carbocycles. The lowest BCUT2D eigenvalue weighted by molar-refractivity contribution is 0.390. The molecule has 66 valence electrons. The summed E-state index contributed by atoms with van der Waals surface area (Å²) in [5, 5.41) is 0.